The molecule has 0 aromatic heterocycles. The molecule has 0 radical (unpaired) electrons. The molecular formula is C16H27N3O. The molecule has 0 heterocycles. The van der Waals surface area contributed by atoms with Crippen LogP contribution in [0.5, 0.6) is 0 Å². The number of likely N-dealkylation sites (N-methyl/N-ethyl adjacent to an activating group) is 1. The Morgan fingerprint density at radius 2 is 2.00 bits per heavy atom. The number of nitrogens with zero attached hydrogens (tertiary/aromatic N) is 1. The number of nitrogens with one attached hydrogen (secondary N) is 2. The third-order valence-electron chi connectivity index (χ3n) is 3.46. The van der Waals surface area contributed by atoms with Gasteiger partial charge < -0.3 is 15.5 Å². The van der Waals surface area contributed by atoms with Crippen molar-refractivity contribution in [2.24, 2.45) is 0 Å². The van der Waals surface area contributed by atoms with Gasteiger partial charge in [0.25, 0.3) is 5.91 Å². The van der Waals surface area contributed by atoms with Gasteiger partial charge in [-0.15, -0.1) is 0 Å². The molecule has 112 valence electrons. The van der Waals surface area contributed by atoms with E-state index in [-0.39, 0.29) is 5.91 Å². The van der Waals surface area contributed by atoms with Crippen LogP contribution in [0.25, 0.3) is 0 Å². The van der Waals surface area contributed by atoms with Gasteiger partial charge in [0.15, 0.2) is 0 Å². The summed E-state index contributed by atoms with van der Waals surface area (Å²) >= 11 is 0. The van der Waals surface area contributed by atoms with Crippen molar-refractivity contribution >= 4 is 11.6 Å². The Labute approximate surface area is 122 Å². The van der Waals surface area contributed by atoms with E-state index in [1.54, 1.807) is 0 Å². The van der Waals surface area contributed by atoms with Crippen LogP contribution in [0.3, 0.4) is 0 Å². The van der Waals surface area contributed by atoms with Crippen LogP contribution in [-0.2, 0) is 0 Å². The molecule has 1 rings (SSSR count). The highest BCUT2D eigenvalue weighted by Crippen LogP contribution is 2.14. The molecule has 0 unspecified atom stereocenters. The summed E-state index contributed by atoms with van der Waals surface area (Å²) in [6.07, 6.45) is 1.15. The first-order valence-corrected chi connectivity index (χ1v) is 7.41. The summed E-state index contributed by atoms with van der Waals surface area (Å²) in [7, 11) is 1.88. The van der Waals surface area contributed by atoms with E-state index >= 15 is 0 Å². The maximum absolute atomic E-state index is 12.1. The van der Waals surface area contributed by atoms with E-state index in [1.807, 2.05) is 32.2 Å². The minimum atomic E-state index is 0.0118. The fourth-order valence-electron chi connectivity index (χ4n) is 2.24. The summed E-state index contributed by atoms with van der Waals surface area (Å²) in [4.78, 5) is 14.5. The molecule has 0 aliphatic carbocycles. The van der Waals surface area contributed by atoms with Crippen LogP contribution < -0.4 is 10.6 Å². The van der Waals surface area contributed by atoms with Crippen LogP contribution in [-0.4, -0.2) is 44.0 Å². The van der Waals surface area contributed by atoms with Crippen LogP contribution in [0.2, 0.25) is 0 Å². The van der Waals surface area contributed by atoms with E-state index in [9.17, 15) is 4.79 Å². The predicted octanol–water partition coefficient (Wildman–Crippen LogP) is 2.50. The van der Waals surface area contributed by atoms with Crippen molar-refractivity contribution in [2.45, 2.75) is 27.2 Å². The maximum Gasteiger partial charge on any atom is 0.251 e. The summed E-state index contributed by atoms with van der Waals surface area (Å²) in [6, 6.07) is 5.79. The lowest BCUT2D eigenvalue weighted by Crippen LogP contribution is -2.35. The molecule has 0 spiro atoms. The number of aryl methyl sites for hydroxylation is 1. The summed E-state index contributed by atoms with van der Waals surface area (Å²) < 4.78 is 0. The molecule has 4 nitrogen and oxygen atoms in total. The van der Waals surface area contributed by atoms with Crippen LogP contribution in [0.4, 0.5) is 5.69 Å². The Morgan fingerprint density at radius 1 is 1.25 bits per heavy atom. The van der Waals surface area contributed by atoms with E-state index in [2.05, 4.69) is 29.4 Å². The summed E-state index contributed by atoms with van der Waals surface area (Å²) in [5.41, 5.74) is 2.77. The average Bonchev–Trinajstić information content (AvgIpc) is 2.45. The van der Waals surface area contributed by atoms with E-state index in [1.165, 1.54) is 0 Å². The molecule has 4 heteroatoms. The SMILES string of the molecule is CCCN(CC)CCNC(=O)c1ccc(NC)cc1C. The summed E-state index contributed by atoms with van der Waals surface area (Å²) in [5, 5.41) is 6.07. The predicted molar refractivity (Wildman–Crippen MR) is 85.5 cm³/mol. The molecule has 0 aliphatic heterocycles. The second kappa shape index (κ2) is 8.59. The zero-order valence-corrected chi connectivity index (χ0v) is 13.1. The molecule has 0 saturated carbocycles. The monoisotopic (exact) mass is 277 g/mol. The van der Waals surface area contributed by atoms with Crippen LogP contribution in [0.1, 0.15) is 36.2 Å². The Kier molecular flexibility index (Phi) is 7.09. The number of carbonyl (C=O) groups is 1. The van der Waals surface area contributed by atoms with E-state index in [0.717, 1.165) is 42.9 Å². The molecular weight excluding hydrogens is 250 g/mol. The summed E-state index contributed by atoms with van der Waals surface area (Å²) in [6.45, 7) is 10.0. The molecule has 1 amide bonds. The first-order valence-electron chi connectivity index (χ1n) is 7.41. The lowest BCUT2D eigenvalue weighted by Gasteiger charge is -2.19. The van der Waals surface area contributed by atoms with E-state index in [4.69, 9.17) is 0 Å². The standard InChI is InChI=1S/C16H27N3O/c1-5-10-19(6-2)11-9-18-16(20)15-8-7-14(17-4)12-13(15)3/h7-8,12,17H,5-6,9-11H2,1-4H3,(H,18,20). The topological polar surface area (TPSA) is 44.4 Å². The van der Waals surface area contributed by atoms with Gasteiger partial charge in [-0.1, -0.05) is 13.8 Å². The molecule has 1 aromatic rings. The minimum absolute atomic E-state index is 0.0118. The summed E-state index contributed by atoms with van der Waals surface area (Å²) in [5.74, 6) is 0.0118. The minimum Gasteiger partial charge on any atom is -0.388 e. The van der Waals surface area contributed by atoms with Crippen molar-refractivity contribution in [2.75, 3.05) is 38.5 Å². The first-order chi connectivity index (χ1) is 9.62. The quantitative estimate of drug-likeness (QED) is 0.767. The molecule has 0 aliphatic rings. The molecule has 20 heavy (non-hydrogen) atoms. The van der Waals surface area contributed by atoms with Gasteiger partial charge in [0.1, 0.15) is 0 Å². The van der Waals surface area contributed by atoms with Crippen molar-refractivity contribution in [3.05, 3.63) is 29.3 Å². The molecule has 0 fully saturated rings. The van der Waals surface area contributed by atoms with E-state index in [0.29, 0.717) is 6.54 Å². The van der Waals surface area contributed by atoms with Crippen LogP contribution >= 0.6 is 0 Å². The Balaban J connectivity index is 2.50. The van der Waals surface area contributed by atoms with Gasteiger partial charge in [-0.05, 0) is 50.2 Å². The highest BCUT2D eigenvalue weighted by atomic mass is 16.1. The second-order valence-electron chi connectivity index (χ2n) is 4.97. The van der Waals surface area contributed by atoms with Crippen LogP contribution in [0.15, 0.2) is 18.2 Å². The van der Waals surface area contributed by atoms with Crippen LogP contribution in [0, 0.1) is 6.92 Å². The number of rotatable bonds is 8. The first kappa shape index (κ1) is 16.5. The van der Waals surface area contributed by atoms with Gasteiger partial charge >= 0.3 is 0 Å². The smallest absolute Gasteiger partial charge is 0.251 e. The lowest BCUT2D eigenvalue weighted by atomic mass is 10.1. The number of hydrogen-bond acceptors (Lipinski definition) is 3. The van der Waals surface area contributed by atoms with Crippen molar-refractivity contribution in [3.8, 4) is 0 Å². The molecule has 0 atom stereocenters. The molecule has 0 saturated heterocycles. The van der Waals surface area contributed by atoms with Gasteiger partial charge in [-0.25, -0.2) is 0 Å². The number of hydrogen-bond donors (Lipinski definition) is 2. The molecule has 0 bridgehead atoms. The van der Waals surface area contributed by atoms with Gasteiger partial charge in [0.2, 0.25) is 0 Å². The fourth-order valence-corrected chi connectivity index (χ4v) is 2.24. The normalized spacial score (nSPS) is 10.7. The highest BCUT2D eigenvalue weighted by Gasteiger charge is 2.09. The zero-order valence-electron chi connectivity index (χ0n) is 13.1. The van der Waals surface area contributed by atoms with Crippen molar-refractivity contribution in [3.63, 3.8) is 0 Å². The van der Waals surface area contributed by atoms with Crippen molar-refractivity contribution < 1.29 is 4.79 Å². The van der Waals surface area contributed by atoms with Gasteiger partial charge in [-0.2, -0.15) is 0 Å². The molecule has 2 N–H and O–H groups in total. The zero-order chi connectivity index (χ0) is 15.0. The van der Waals surface area contributed by atoms with Crippen molar-refractivity contribution in [1.29, 1.82) is 0 Å². The van der Waals surface area contributed by atoms with Crippen molar-refractivity contribution in [1.82, 2.24) is 10.2 Å². The number of anilines is 1. The maximum atomic E-state index is 12.1. The van der Waals surface area contributed by atoms with Gasteiger partial charge in [-0.3, -0.25) is 4.79 Å². The second-order valence-corrected chi connectivity index (χ2v) is 4.97. The third kappa shape index (κ3) is 4.85. The Morgan fingerprint density at radius 3 is 2.55 bits per heavy atom. The van der Waals surface area contributed by atoms with Gasteiger partial charge in [0.05, 0.1) is 0 Å². The van der Waals surface area contributed by atoms with Gasteiger partial charge in [0, 0.05) is 31.4 Å². The van der Waals surface area contributed by atoms with E-state index < -0.39 is 0 Å². The Hall–Kier alpha value is -1.55. The molecule has 1 aromatic carbocycles. The lowest BCUT2D eigenvalue weighted by molar-refractivity contribution is 0.0948. The number of carbonyl (C=O) groups excluding carboxylic acids is 1. The highest BCUT2D eigenvalue weighted by molar-refractivity contribution is 5.96. The average molecular weight is 277 g/mol. The number of benzene rings is 1. The largest absolute Gasteiger partial charge is 0.388 e. The Bertz CT molecular complexity index is 432. The third-order valence-corrected chi connectivity index (χ3v) is 3.46. The number of amides is 1. The fraction of sp³-hybridized carbons (Fsp3) is 0.562.